The van der Waals surface area contributed by atoms with Crippen LogP contribution in [0.2, 0.25) is 0 Å². The van der Waals surface area contributed by atoms with E-state index in [1.165, 1.54) is 12.8 Å². The molecule has 1 saturated heterocycles. The van der Waals surface area contributed by atoms with Crippen LogP contribution >= 0.6 is 0 Å². The summed E-state index contributed by atoms with van der Waals surface area (Å²) in [4.78, 5) is 16.6. The fourth-order valence-corrected chi connectivity index (χ4v) is 3.03. The van der Waals surface area contributed by atoms with Crippen molar-refractivity contribution in [1.29, 1.82) is 0 Å². The van der Waals surface area contributed by atoms with Gasteiger partial charge in [-0.15, -0.1) is 5.10 Å². The van der Waals surface area contributed by atoms with Crippen molar-refractivity contribution in [2.75, 3.05) is 33.2 Å². The first kappa shape index (κ1) is 16.9. The summed E-state index contributed by atoms with van der Waals surface area (Å²) in [5, 5.41) is 7.82. The molecule has 1 fully saturated rings. The van der Waals surface area contributed by atoms with E-state index in [1.807, 2.05) is 43.6 Å². The van der Waals surface area contributed by atoms with Crippen molar-refractivity contribution < 1.29 is 4.79 Å². The van der Waals surface area contributed by atoms with Crippen molar-refractivity contribution in [3.8, 4) is 0 Å². The second kappa shape index (κ2) is 7.22. The summed E-state index contributed by atoms with van der Waals surface area (Å²) in [6.45, 7) is 11.0. The molecule has 0 N–H and O–H groups in total. The summed E-state index contributed by atoms with van der Waals surface area (Å²) in [5.41, 5.74) is -0.284. The monoisotopic (exact) mass is 307 g/mol. The van der Waals surface area contributed by atoms with Crippen LogP contribution < -0.4 is 0 Å². The fourth-order valence-electron chi connectivity index (χ4n) is 3.03. The Hall–Kier alpha value is -1.43. The zero-order valence-corrected chi connectivity index (χ0v) is 14.3. The highest BCUT2D eigenvalue weighted by Gasteiger charge is 2.27. The van der Waals surface area contributed by atoms with Gasteiger partial charge >= 0.3 is 0 Å². The van der Waals surface area contributed by atoms with Crippen LogP contribution in [0.1, 0.15) is 33.6 Å². The molecule has 0 saturated carbocycles. The van der Waals surface area contributed by atoms with Crippen LogP contribution in [0.3, 0.4) is 0 Å². The molecule has 0 radical (unpaired) electrons. The second-order valence-electron chi connectivity index (χ2n) is 7.39. The van der Waals surface area contributed by atoms with Crippen LogP contribution in [-0.4, -0.2) is 63.9 Å². The molecule has 0 unspecified atom stereocenters. The number of hydrogen-bond donors (Lipinski definition) is 0. The third kappa shape index (κ3) is 4.80. The topological polar surface area (TPSA) is 54.3 Å². The Labute approximate surface area is 133 Å². The molecule has 2 rings (SSSR count). The Balaban J connectivity index is 1.69. The maximum absolute atomic E-state index is 12.2. The van der Waals surface area contributed by atoms with E-state index in [0.29, 0.717) is 5.92 Å². The van der Waals surface area contributed by atoms with E-state index < -0.39 is 0 Å². The highest BCUT2D eigenvalue weighted by Crippen LogP contribution is 2.21. The van der Waals surface area contributed by atoms with Crippen molar-refractivity contribution in [2.24, 2.45) is 11.3 Å². The first-order valence-electron chi connectivity index (χ1n) is 8.18. The van der Waals surface area contributed by atoms with Crippen molar-refractivity contribution in [3.05, 3.63) is 12.4 Å². The molecule has 1 aromatic rings. The number of piperidine rings is 1. The van der Waals surface area contributed by atoms with Crippen molar-refractivity contribution in [2.45, 2.75) is 40.2 Å². The molecule has 1 amide bonds. The summed E-state index contributed by atoms with van der Waals surface area (Å²) in [5.74, 6) is 0.861. The summed E-state index contributed by atoms with van der Waals surface area (Å²) in [7, 11) is 1.94. The van der Waals surface area contributed by atoms with Crippen molar-refractivity contribution in [3.63, 3.8) is 0 Å². The van der Waals surface area contributed by atoms with E-state index in [4.69, 9.17) is 0 Å². The van der Waals surface area contributed by atoms with Gasteiger partial charge in [-0.3, -0.25) is 9.48 Å². The third-order valence-electron chi connectivity index (χ3n) is 4.34. The average molecular weight is 307 g/mol. The Morgan fingerprint density at radius 1 is 1.27 bits per heavy atom. The molecular formula is C16H29N5O. The lowest BCUT2D eigenvalue weighted by atomic mass is 9.92. The highest BCUT2D eigenvalue weighted by atomic mass is 16.2. The van der Waals surface area contributed by atoms with E-state index in [2.05, 4.69) is 15.2 Å². The van der Waals surface area contributed by atoms with Crippen molar-refractivity contribution >= 4 is 5.91 Å². The van der Waals surface area contributed by atoms with E-state index in [1.54, 1.807) is 6.20 Å². The number of carbonyl (C=O) groups is 1. The Bertz CT molecular complexity index is 457. The zero-order valence-electron chi connectivity index (χ0n) is 14.3. The number of carbonyl (C=O) groups excluding carboxylic acids is 1. The zero-order chi connectivity index (χ0) is 16.2. The van der Waals surface area contributed by atoms with Crippen LogP contribution in [-0.2, 0) is 11.3 Å². The number of hydrogen-bond acceptors (Lipinski definition) is 4. The van der Waals surface area contributed by atoms with Crippen LogP contribution in [0, 0.1) is 11.3 Å². The highest BCUT2D eigenvalue weighted by molar-refractivity contribution is 5.81. The molecule has 124 valence electrons. The van der Waals surface area contributed by atoms with Gasteiger partial charge in [0.25, 0.3) is 0 Å². The van der Waals surface area contributed by atoms with Gasteiger partial charge in [-0.25, -0.2) is 0 Å². The van der Waals surface area contributed by atoms with E-state index in [0.717, 1.165) is 32.7 Å². The lowest BCUT2D eigenvalue weighted by molar-refractivity contribution is -0.138. The van der Waals surface area contributed by atoms with Gasteiger partial charge in [0.15, 0.2) is 0 Å². The molecule has 6 heteroatoms. The lowest BCUT2D eigenvalue weighted by Gasteiger charge is -2.35. The van der Waals surface area contributed by atoms with Crippen LogP contribution in [0.25, 0.3) is 0 Å². The Morgan fingerprint density at radius 3 is 2.50 bits per heavy atom. The number of aromatic nitrogens is 3. The molecule has 2 heterocycles. The molecule has 1 aromatic heterocycles. The molecule has 1 aliphatic rings. The van der Waals surface area contributed by atoms with Gasteiger partial charge in [-0.2, -0.15) is 0 Å². The first-order chi connectivity index (χ1) is 10.4. The predicted octanol–water partition coefficient (Wildman–Crippen LogP) is 1.49. The van der Waals surface area contributed by atoms with Crippen LogP contribution in [0.15, 0.2) is 12.4 Å². The number of amides is 1. The minimum absolute atomic E-state index is 0.237. The Kier molecular flexibility index (Phi) is 5.56. The van der Waals surface area contributed by atoms with E-state index in [-0.39, 0.29) is 11.3 Å². The number of nitrogens with zero attached hydrogens (tertiary/aromatic N) is 5. The van der Waals surface area contributed by atoms with E-state index in [9.17, 15) is 4.79 Å². The number of rotatable bonds is 5. The normalized spacial score (nSPS) is 17.6. The van der Waals surface area contributed by atoms with E-state index >= 15 is 0 Å². The summed E-state index contributed by atoms with van der Waals surface area (Å²) in [6, 6.07) is 0. The minimum Gasteiger partial charge on any atom is -0.345 e. The van der Waals surface area contributed by atoms with Crippen LogP contribution in [0.4, 0.5) is 0 Å². The molecule has 0 atom stereocenters. The summed E-state index contributed by atoms with van der Waals surface area (Å²) >= 11 is 0. The standard InChI is InChI=1S/C16H29N5O/c1-16(2,3)15(22)19(4)13-14-5-8-20(9-6-14)11-12-21-10-7-17-18-21/h7,10,14H,5-6,8-9,11-13H2,1-4H3. The van der Waals surface area contributed by atoms with Crippen LogP contribution in [0.5, 0.6) is 0 Å². The van der Waals surface area contributed by atoms with Gasteiger partial charge in [0.1, 0.15) is 0 Å². The van der Waals surface area contributed by atoms with Gasteiger partial charge in [0.05, 0.1) is 12.7 Å². The number of likely N-dealkylation sites (tertiary alicyclic amines) is 1. The van der Waals surface area contributed by atoms with Gasteiger partial charge in [0, 0.05) is 31.7 Å². The molecule has 22 heavy (non-hydrogen) atoms. The molecular weight excluding hydrogens is 278 g/mol. The van der Waals surface area contributed by atoms with Gasteiger partial charge in [0.2, 0.25) is 5.91 Å². The predicted molar refractivity (Wildman–Crippen MR) is 86.3 cm³/mol. The first-order valence-corrected chi connectivity index (χ1v) is 8.18. The molecule has 0 aliphatic carbocycles. The van der Waals surface area contributed by atoms with Gasteiger partial charge in [-0.1, -0.05) is 26.0 Å². The molecule has 0 spiro atoms. The summed E-state index contributed by atoms with van der Waals surface area (Å²) in [6.07, 6.45) is 5.95. The molecule has 0 aromatic carbocycles. The second-order valence-corrected chi connectivity index (χ2v) is 7.39. The largest absolute Gasteiger partial charge is 0.345 e. The van der Waals surface area contributed by atoms with Gasteiger partial charge < -0.3 is 9.80 Å². The molecule has 1 aliphatic heterocycles. The third-order valence-corrected chi connectivity index (χ3v) is 4.34. The fraction of sp³-hybridized carbons (Fsp3) is 0.812. The SMILES string of the molecule is CN(CC1CCN(CCn2ccnn2)CC1)C(=O)C(C)(C)C. The summed E-state index contributed by atoms with van der Waals surface area (Å²) < 4.78 is 1.88. The van der Waals surface area contributed by atoms with Gasteiger partial charge in [-0.05, 0) is 31.8 Å². The maximum Gasteiger partial charge on any atom is 0.227 e. The van der Waals surface area contributed by atoms with Crippen molar-refractivity contribution in [1.82, 2.24) is 24.8 Å². The quantitative estimate of drug-likeness (QED) is 0.827. The lowest BCUT2D eigenvalue weighted by Crippen LogP contribution is -2.43. The Morgan fingerprint density at radius 2 is 1.95 bits per heavy atom. The maximum atomic E-state index is 12.2. The molecule has 6 nitrogen and oxygen atoms in total. The molecule has 0 bridgehead atoms. The minimum atomic E-state index is -0.284. The smallest absolute Gasteiger partial charge is 0.227 e. The average Bonchev–Trinajstić information content (AvgIpc) is 2.98.